The van der Waals surface area contributed by atoms with E-state index in [9.17, 15) is 0 Å². The third-order valence-corrected chi connectivity index (χ3v) is 4.81. The minimum Gasteiger partial charge on any atom is -0.329 e. The van der Waals surface area contributed by atoms with E-state index in [1.54, 1.807) is 6.07 Å². The van der Waals surface area contributed by atoms with Crippen LogP contribution in [0.4, 0.5) is 0 Å². The summed E-state index contributed by atoms with van der Waals surface area (Å²) in [7, 11) is 4.27. The van der Waals surface area contributed by atoms with Crippen LogP contribution < -0.4 is 5.73 Å². The Hall–Kier alpha value is -0.320. The van der Waals surface area contributed by atoms with Crippen LogP contribution in [0.15, 0.2) is 18.2 Å². The van der Waals surface area contributed by atoms with Crippen LogP contribution >= 0.6 is 23.2 Å². The monoisotopic (exact) mass is 315 g/mol. The van der Waals surface area contributed by atoms with Gasteiger partial charge in [0, 0.05) is 41.8 Å². The molecule has 1 saturated heterocycles. The molecule has 1 fully saturated rings. The van der Waals surface area contributed by atoms with Crippen LogP contribution in [0.3, 0.4) is 0 Å². The quantitative estimate of drug-likeness (QED) is 0.927. The van der Waals surface area contributed by atoms with E-state index in [1.807, 2.05) is 12.1 Å². The fraction of sp³-hybridized carbons (Fsp3) is 0.600. The maximum Gasteiger partial charge on any atom is 0.0486 e. The second kappa shape index (κ2) is 6.63. The van der Waals surface area contributed by atoms with Crippen molar-refractivity contribution < 1.29 is 0 Å². The molecule has 0 amide bonds. The Morgan fingerprint density at radius 1 is 1.35 bits per heavy atom. The topological polar surface area (TPSA) is 32.5 Å². The molecular formula is C15H23Cl2N3. The van der Waals surface area contributed by atoms with Gasteiger partial charge in [-0.15, -0.1) is 0 Å². The van der Waals surface area contributed by atoms with Crippen molar-refractivity contribution >= 4 is 23.2 Å². The van der Waals surface area contributed by atoms with Gasteiger partial charge in [-0.25, -0.2) is 0 Å². The van der Waals surface area contributed by atoms with E-state index in [4.69, 9.17) is 28.9 Å². The summed E-state index contributed by atoms with van der Waals surface area (Å²) in [6.07, 6.45) is 0. The Kier molecular flexibility index (Phi) is 5.32. The molecule has 2 N–H and O–H groups in total. The first-order valence-electron chi connectivity index (χ1n) is 6.99. The van der Waals surface area contributed by atoms with Gasteiger partial charge < -0.3 is 10.6 Å². The van der Waals surface area contributed by atoms with Gasteiger partial charge in [0.1, 0.15) is 0 Å². The van der Waals surface area contributed by atoms with Crippen molar-refractivity contribution in [3.8, 4) is 0 Å². The van der Waals surface area contributed by atoms with E-state index in [2.05, 4.69) is 30.8 Å². The highest BCUT2D eigenvalue weighted by molar-refractivity contribution is 6.35. The van der Waals surface area contributed by atoms with Crippen molar-refractivity contribution in [1.82, 2.24) is 9.80 Å². The number of benzene rings is 1. The van der Waals surface area contributed by atoms with E-state index in [0.717, 1.165) is 18.7 Å². The summed E-state index contributed by atoms with van der Waals surface area (Å²) in [6, 6.07) is 6.40. The van der Waals surface area contributed by atoms with Crippen LogP contribution in [-0.4, -0.2) is 49.6 Å². The zero-order chi connectivity index (χ0) is 14.9. The van der Waals surface area contributed by atoms with Crippen LogP contribution in [0.25, 0.3) is 0 Å². The Bertz CT molecular complexity index is 464. The molecule has 2 rings (SSSR count). The number of halogens is 2. The summed E-state index contributed by atoms with van der Waals surface area (Å²) in [5.41, 5.74) is 7.09. The van der Waals surface area contributed by atoms with Crippen molar-refractivity contribution in [3.05, 3.63) is 33.8 Å². The molecule has 3 nitrogen and oxygen atoms in total. The van der Waals surface area contributed by atoms with Crippen LogP contribution in [0.5, 0.6) is 0 Å². The molecule has 112 valence electrons. The molecule has 1 aliphatic rings. The number of rotatable bonds is 4. The van der Waals surface area contributed by atoms with Crippen molar-refractivity contribution in [2.75, 3.05) is 33.7 Å². The number of nitrogens with zero attached hydrogens (tertiary/aromatic N) is 2. The first-order valence-corrected chi connectivity index (χ1v) is 7.75. The summed E-state index contributed by atoms with van der Waals surface area (Å²) in [4.78, 5) is 4.73. The van der Waals surface area contributed by atoms with E-state index < -0.39 is 0 Å². The largest absolute Gasteiger partial charge is 0.329 e. The molecule has 3 unspecified atom stereocenters. The zero-order valence-electron chi connectivity index (χ0n) is 12.3. The molecule has 0 spiro atoms. The highest BCUT2D eigenvalue weighted by atomic mass is 35.5. The highest BCUT2D eigenvalue weighted by Gasteiger charge is 2.35. The fourth-order valence-electron chi connectivity index (χ4n) is 3.16. The minimum absolute atomic E-state index is 0.159. The molecule has 5 heteroatoms. The lowest BCUT2D eigenvalue weighted by molar-refractivity contribution is 0.219. The van der Waals surface area contributed by atoms with Crippen LogP contribution in [0.2, 0.25) is 10.0 Å². The van der Waals surface area contributed by atoms with Crippen LogP contribution in [-0.2, 0) is 0 Å². The average molecular weight is 316 g/mol. The summed E-state index contributed by atoms with van der Waals surface area (Å²) in [5, 5.41) is 1.37. The number of hydrogen-bond donors (Lipinski definition) is 1. The van der Waals surface area contributed by atoms with E-state index >= 15 is 0 Å². The van der Waals surface area contributed by atoms with Gasteiger partial charge in [-0.2, -0.15) is 0 Å². The predicted octanol–water partition coefficient (Wildman–Crippen LogP) is 2.88. The minimum atomic E-state index is 0.159. The highest BCUT2D eigenvalue weighted by Crippen LogP contribution is 2.33. The molecule has 1 aliphatic heterocycles. The molecule has 1 heterocycles. The van der Waals surface area contributed by atoms with Gasteiger partial charge in [-0.3, -0.25) is 4.90 Å². The van der Waals surface area contributed by atoms with Crippen molar-refractivity contribution in [1.29, 1.82) is 0 Å². The predicted molar refractivity (Wildman–Crippen MR) is 86.5 cm³/mol. The van der Waals surface area contributed by atoms with Gasteiger partial charge in [0.2, 0.25) is 0 Å². The standard InChI is InChI=1S/C15H23Cl2N3/c1-10-8-20(9-15(10)19(2)3)14(7-18)12-5-4-11(16)6-13(12)17/h4-6,10,14-15H,7-9,18H2,1-3H3. The first-order chi connectivity index (χ1) is 9.43. The molecule has 0 aromatic heterocycles. The zero-order valence-corrected chi connectivity index (χ0v) is 13.8. The van der Waals surface area contributed by atoms with Crippen molar-refractivity contribution in [3.63, 3.8) is 0 Å². The van der Waals surface area contributed by atoms with Crippen LogP contribution in [0.1, 0.15) is 18.5 Å². The normalized spacial score (nSPS) is 25.4. The molecule has 0 bridgehead atoms. The van der Waals surface area contributed by atoms with Gasteiger partial charge in [-0.05, 0) is 37.7 Å². The van der Waals surface area contributed by atoms with Crippen molar-refractivity contribution in [2.45, 2.75) is 19.0 Å². The van der Waals surface area contributed by atoms with Gasteiger partial charge in [0.25, 0.3) is 0 Å². The lowest BCUT2D eigenvalue weighted by Crippen LogP contribution is -2.36. The van der Waals surface area contributed by atoms with E-state index in [0.29, 0.717) is 28.5 Å². The van der Waals surface area contributed by atoms with Gasteiger partial charge in [0.15, 0.2) is 0 Å². The van der Waals surface area contributed by atoms with Gasteiger partial charge >= 0.3 is 0 Å². The SMILES string of the molecule is CC1CN(C(CN)c2ccc(Cl)cc2Cl)CC1N(C)C. The Labute approximate surface area is 131 Å². The van der Waals surface area contributed by atoms with Crippen molar-refractivity contribution in [2.24, 2.45) is 11.7 Å². The summed E-state index contributed by atoms with van der Waals surface area (Å²) in [6.45, 7) is 4.93. The molecular weight excluding hydrogens is 293 g/mol. The molecule has 1 aromatic carbocycles. The van der Waals surface area contributed by atoms with Gasteiger partial charge in [0.05, 0.1) is 0 Å². The summed E-state index contributed by atoms with van der Waals surface area (Å²) in [5.74, 6) is 0.630. The molecule has 3 atom stereocenters. The lowest BCUT2D eigenvalue weighted by Gasteiger charge is -2.28. The number of nitrogens with two attached hydrogens (primary N) is 1. The number of hydrogen-bond acceptors (Lipinski definition) is 3. The second-order valence-corrected chi connectivity index (χ2v) is 6.72. The second-order valence-electron chi connectivity index (χ2n) is 5.88. The Morgan fingerprint density at radius 2 is 2.05 bits per heavy atom. The summed E-state index contributed by atoms with van der Waals surface area (Å²) >= 11 is 12.3. The molecule has 0 radical (unpaired) electrons. The third-order valence-electron chi connectivity index (χ3n) is 4.25. The fourth-order valence-corrected chi connectivity index (χ4v) is 3.69. The smallest absolute Gasteiger partial charge is 0.0486 e. The molecule has 0 aliphatic carbocycles. The number of likely N-dealkylation sites (N-methyl/N-ethyl adjacent to an activating group) is 1. The van der Waals surface area contributed by atoms with E-state index in [-0.39, 0.29) is 6.04 Å². The molecule has 20 heavy (non-hydrogen) atoms. The maximum absolute atomic E-state index is 6.34. The third kappa shape index (κ3) is 3.29. The van der Waals surface area contributed by atoms with Gasteiger partial charge in [-0.1, -0.05) is 36.2 Å². The van der Waals surface area contributed by atoms with Crippen LogP contribution in [0, 0.1) is 5.92 Å². The first kappa shape index (κ1) is 16.1. The lowest BCUT2D eigenvalue weighted by atomic mass is 10.1. The summed E-state index contributed by atoms with van der Waals surface area (Å²) < 4.78 is 0. The van der Waals surface area contributed by atoms with E-state index in [1.165, 1.54) is 0 Å². The molecule has 1 aromatic rings. The maximum atomic E-state index is 6.34. The number of likely N-dealkylation sites (tertiary alicyclic amines) is 1. The Morgan fingerprint density at radius 3 is 2.55 bits per heavy atom. The molecule has 0 saturated carbocycles. The average Bonchev–Trinajstić information content (AvgIpc) is 2.75. The Balaban J connectivity index is 2.21.